The maximum atomic E-state index is 11.9. The molecule has 2 saturated heterocycles. The maximum Gasteiger partial charge on any atom is 0.309 e. The molecule has 1 atom stereocenters. The summed E-state index contributed by atoms with van der Waals surface area (Å²) >= 11 is 0. The van der Waals surface area contributed by atoms with E-state index in [4.69, 9.17) is 5.11 Å². The Kier molecular flexibility index (Phi) is 3.14. The van der Waals surface area contributed by atoms with Crippen molar-refractivity contribution in [2.45, 2.75) is 32.2 Å². The fourth-order valence-corrected chi connectivity index (χ4v) is 2.56. The molecule has 100 valence electrons. The number of likely N-dealkylation sites (tertiary alicyclic amines) is 2. The third-order valence-electron chi connectivity index (χ3n) is 4.22. The molecule has 0 spiro atoms. The van der Waals surface area contributed by atoms with E-state index in [0.717, 1.165) is 4.90 Å². The summed E-state index contributed by atoms with van der Waals surface area (Å²) in [6.07, 6.45) is 1.26. The van der Waals surface area contributed by atoms with Crippen LogP contribution >= 0.6 is 0 Å². The van der Waals surface area contributed by atoms with Gasteiger partial charge < -0.3 is 5.11 Å². The van der Waals surface area contributed by atoms with Crippen molar-refractivity contribution in [1.82, 2.24) is 9.80 Å². The summed E-state index contributed by atoms with van der Waals surface area (Å²) in [5.74, 6) is -1.11. The van der Waals surface area contributed by atoms with Crippen LogP contribution in [0.15, 0.2) is 0 Å². The summed E-state index contributed by atoms with van der Waals surface area (Å²) in [4.78, 5) is 37.5. The average molecular weight is 254 g/mol. The van der Waals surface area contributed by atoms with E-state index in [-0.39, 0.29) is 24.3 Å². The molecule has 6 heteroatoms. The zero-order valence-electron chi connectivity index (χ0n) is 10.7. The Morgan fingerprint density at radius 1 is 1.33 bits per heavy atom. The lowest BCUT2D eigenvalue weighted by Crippen LogP contribution is -2.49. The summed E-state index contributed by atoms with van der Waals surface area (Å²) in [7, 11) is 1.50. The van der Waals surface area contributed by atoms with E-state index in [0.29, 0.717) is 25.9 Å². The molecule has 2 heterocycles. The molecule has 0 aliphatic carbocycles. The molecule has 0 saturated carbocycles. The zero-order chi connectivity index (χ0) is 13.5. The van der Waals surface area contributed by atoms with Crippen molar-refractivity contribution in [2.75, 3.05) is 20.1 Å². The van der Waals surface area contributed by atoms with Gasteiger partial charge >= 0.3 is 5.97 Å². The van der Waals surface area contributed by atoms with Gasteiger partial charge in [-0.25, -0.2) is 0 Å². The quantitative estimate of drug-likeness (QED) is 0.698. The Balaban J connectivity index is 2.01. The molecule has 0 aromatic carbocycles. The molecule has 0 aromatic rings. The number of carbonyl (C=O) groups is 3. The first-order chi connectivity index (χ1) is 8.35. The summed E-state index contributed by atoms with van der Waals surface area (Å²) < 4.78 is 0. The predicted octanol–water partition coefficient (Wildman–Crippen LogP) is -0.0696. The number of piperidine rings is 1. The number of nitrogens with zero attached hydrogens (tertiary/aromatic N) is 2. The summed E-state index contributed by atoms with van der Waals surface area (Å²) in [5.41, 5.74) is -0.700. The van der Waals surface area contributed by atoms with Gasteiger partial charge in [-0.3, -0.25) is 24.2 Å². The Bertz CT molecular complexity index is 399. The van der Waals surface area contributed by atoms with Gasteiger partial charge in [0.2, 0.25) is 11.8 Å². The molecular formula is C12H18N2O4. The minimum absolute atomic E-state index is 0.156. The molecule has 0 aromatic heterocycles. The van der Waals surface area contributed by atoms with Crippen LogP contribution in [0.25, 0.3) is 0 Å². The van der Waals surface area contributed by atoms with Gasteiger partial charge in [0.15, 0.2) is 0 Å². The minimum Gasteiger partial charge on any atom is -0.481 e. The normalized spacial score (nSPS) is 28.8. The highest BCUT2D eigenvalue weighted by Crippen LogP contribution is 2.33. The number of imide groups is 1. The molecule has 2 aliphatic rings. The van der Waals surface area contributed by atoms with Gasteiger partial charge in [0.05, 0.1) is 17.9 Å². The maximum absolute atomic E-state index is 11.9. The molecule has 0 radical (unpaired) electrons. The number of likely N-dealkylation sites (N-methyl/N-ethyl adjacent to an activating group) is 1. The number of hydrogen-bond acceptors (Lipinski definition) is 4. The van der Waals surface area contributed by atoms with Gasteiger partial charge in [0, 0.05) is 20.1 Å². The highest BCUT2D eigenvalue weighted by Gasteiger charge is 2.44. The van der Waals surface area contributed by atoms with Crippen molar-refractivity contribution in [3.05, 3.63) is 0 Å². The van der Waals surface area contributed by atoms with Crippen molar-refractivity contribution in [3.8, 4) is 0 Å². The van der Waals surface area contributed by atoms with E-state index < -0.39 is 11.4 Å². The predicted molar refractivity (Wildman–Crippen MR) is 62.7 cm³/mol. The van der Waals surface area contributed by atoms with Crippen LogP contribution in [-0.4, -0.2) is 58.9 Å². The molecule has 2 rings (SSSR count). The Hall–Kier alpha value is -1.43. The number of carboxylic acids is 1. The first-order valence-electron chi connectivity index (χ1n) is 6.13. The van der Waals surface area contributed by atoms with Gasteiger partial charge in [0.25, 0.3) is 0 Å². The SMILES string of the molecule is CN1C(=O)CC(N2CCC(C)(C(=O)O)CC2)C1=O. The molecule has 2 fully saturated rings. The van der Waals surface area contributed by atoms with Crippen LogP contribution < -0.4 is 0 Å². The van der Waals surface area contributed by atoms with Crippen LogP contribution in [0.1, 0.15) is 26.2 Å². The highest BCUT2D eigenvalue weighted by atomic mass is 16.4. The number of aliphatic carboxylic acids is 1. The Labute approximate surface area is 106 Å². The van der Waals surface area contributed by atoms with E-state index in [1.165, 1.54) is 7.05 Å². The third kappa shape index (κ3) is 2.01. The van der Waals surface area contributed by atoms with Gasteiger partial charge in [-0.15, -0.1) is 0 Å². The Morgan fingerprint density at radius 2 is 1.89 bits per heavy atom. The van der Waals surface area contributed by atoms with Crippen molar-refractivity contribution in [1.29, 1.82) is 0 Å². The largest absolute Gasteiger partial charge is 0.481 e. The van der Waals surface area contributed by atoms with Crippen LogP contribution in [0.5, 0.6) is 0 Å². The lowest BCUT2D eigenvalue weighted by Gasteiger charge is -2.38. The molecule has 2 aliphatic heterocycles. The van der Waals surface area contributed by atoms with Gasteiger partial charge in [-0.2, -0.15) is 0 Å². The van der Waals surface area contributed by atoms with Crippen LogP contribution in [0, 0.1) is 5.41 Å². The summed E-state index contributed by atoms with van der Waals surface area (Å²) in [6, 6.07) is -0.388. The van der Waals surface area contributed by atoms with Crippen molar-refractivity contribution in [3.63, 3.8) is 0 Å². The monoisotopic (exact) mass is 254 g/mol. The topological polar surface area (TPSA) is 77.9 Å². The molecule has 2 amide bonds. The summed E-state index contributed by atoms with van der Waals surface area (Å²) in [5, 5.41) is 9.14. The number of hydrogen-bond donors (Lipinski definition) is 1. The second-order valence-corrected chi connectivity index (χ2v) is 5.41. The molecule has 1 N–H and O–H groups in total. The van der Waals surface area contributed by atoms with E-state index in [1.54, 1.807) is 6.92 Å². The third-order valence-corrected chi connectivity index (χ3v) is 4.22. The second kappa shape index (κ2) is 4.35. The fraction of sp³-hybridized carbons (Fsp3) is 0.750. The van der Waals surface area contributed by atoms with Crippen molar-refractivity contribution in [2.24, 2.45) is 5.41 Å². The van der Waals surface area contributed by atoms with Crippen LogP contribution in [0.4, 0.5) is 0 Å². The molecule has 1 unspecified atom stereocenters. The standard InChI is InChI=1S/C12H18N2O4/c1-12(11(17)18)3-5-14(6-4-12)8-7-9(15)13(2)10(8)16/h8H,3-7H2,1-2H3,(H,17,18). The summed E-state index contributed by atoms with van der Waals surface area (Å²) in [6.45, 7) is 2.85. The molecule has 18 heavy (non-hydrogen) atoms. The second-order valence-electron chi connectivity index (χ2n) is 5.41. The van der Waals surface area contributed by atoms with Crippen LogP contribution in [0.3, 0.4) is 0 Å². The van der Waals surface area contributed by atoms with E-state index >= 15 is 0 Å². The lowest BCUT2D eigenvalue weighted by atomic mass is 9.80. The van der Waals surface area contributed by atoms with Crippen molar-refractivity contribution < 1.29 is 19.5 Å². The first kappa shape index (κ1) is 13.0. The highest BCUT2D eigenvalue weighted by molar-refractivity contribution is 6.05. The number of rotatable bonds is 2. The molecular weight excluding hydrogens is 236 g/mol. The van der Waals surface area contributed by atoms with Gasteiger partial charge in [0.1, 0.15) is 0 Å². The van der Waals surface area contributed by atoms with Crippen LogP contribution in [0.2, 0.25) is 0 Å². The van der Waals surface area contributed by atoms with E-state index in [9.17, 15) is 14.4 Å². The molecule has 6 nitrogen and oxygen atoms in total. The van der Waals surface area contributed by atoms with Gasteiger partial charge in [-0.05, 0) is 19.8 Å². The fourth-order valence-electron chi connectivity index (χ4n) is 2.56. The zero-order valence-corrected chi connectivity index (χ0v) is 10.7. The first-order valence-corrected chi connectivity index (χ1v) is 6.13. The smallest absolute Gasteiger partial charge is 0.309 e. The minimum atomic E-state index is -0.784. The van der Waals surface area contributed by atoms with E-state index in [2.05, 4.69) is 0 Å². The van der Waals surface area contributed by atoms with Crippen LogP contribution in [-0.2, 0) is 14.4 Å². The van der Waals surface area contributed by atoms with Gasteiger partial charge in [-0.1, -0.05) is 0 Å². The van der Waals surface area contributed by atoms with E-state index in [1.807, 2.05) is 4.90 Å². The number of carboxylic acid groups (broad SMARTS) is 1. The average Bonchev–Trinajstić information content (AvgIpc) is 2.58. The number of amides is 2. The number of carbonyl (C=O) groups excluding carboxylic acids is 2. The lowest BCUT2D eigenvalue weighted by molar-refractivity contribution is -0.151. The molecule has 0 bridgehead atoms. The Morgan fingerprint density at radius 3 is 2.28 bits per heavy atom. The van der Waals surface area contributed by atoms with Crippen molar-refractivity contribution >= 4 is 17.8 Å².